The Hall–Kier alpha value is -1.96. The molecule has 1 aliphatic rings. The van der Waals surface area contributed by atoms with Crippen LogP contribution in [0.2, 0.25) is 0 Å². The molecule has 2 rings (SSSR count). The van der Waals surface area contributed by atoms with Gasteiger partial charge in [-0.15, -0.1) is 9.24 Å². The van der Waals surface area contributed by atoms with Crippen LogP contribution >= 0.6 is 9.24 Å². The molecule has 1 aromatic carbocycles. The van der Waals surface area contributed by atoms with Crippen LogP contribution in [0.25, 0.3) is 0 Å². The van der Waals surface area contributed by atoms with Gasteiger partial charge in [0.15, 0.2) is 5.54 Å². The normalized spacial score (nSPS) is 21.4. The van der Waals surface area contributed by atoms with Gasteiger partial charge in [-0.1, -0.05) is 11.8 Å². The molecular formula is C12H11FN3O2P. The summed E-state index contributed by atoms with van der Waals surface area (Å²) < 4.78 is 13.2. The lowest BCUT2D eigenvalue weighted by Crippen LogP contribution is -2.51. The van der Waals surface area contributed by atoms with Crippen molar-refractivity contribution in [2.45, 2.75) is 5.54 Å². The molecule has 98 valence electrons. The van der Waals surface area contributed by atoms with Crippen molar-refractivity contribution in [1.29, 1.82) is 0 Å². The fourth-order valence-corrected chi connectivity index (χ4v) is 1.98. The van der Waals surface area contributed by atoms with Gasteiger partial charge in [-0.3, -0.25) is 10.1 Å². The molecule has 0 radical (unpaired) electrons. The second-order valence-corrected chi connectivity index (χ2v) is 4.71. The van der Waals surface area contributed by atoms with Gasteiger partial charge in [-0.25, -0.2) is 9.18 Å². The van der Waals surface area contributed by atoms with Gasteiger partial charge in [0.2, 0.25) is 0 Å². The maximum absolute atomic E-state index is 13.2. The Balaban J connectivity index is 2.36. The lowest BCUT2D eigenvalue weighted by molar-refractivity contribution is -0.121. The van der Waals surface area contributed by atoms with E-state index in [9.17, 15) is 14.0 Å². The molecule has 0 saturated carbocycles. The van der Waals surface area contributed by atoms with Crippen LogP contribution in [0.4, 0.5) is 9.18 Å². The van der Waals surface area contributed by atoms with Gasteiger partial charge in [-0.2, -0.15) is 0 Å². The third kappa shape index (κ3) is 2.73. The van der Waals surface area contributed by atoms with E-state index in [-0.39, 0.29) is 6.54 Å². The standard InChI is InChI=1S/C12H11FN3O2P/c13-8-3-7(4-9(19)5-8)1-2-12(6-14)10(17)15-11(18)16-12/h3-5H,6,14,19H2,(H2,15,16,17,18). The van der Waals surface area contributed by atoms with Crippen molar-refractivity contribution in [1.82, 2.24) is 10.6 Å². The summed E-state index contributed by atoms with van der Waals surface area (Å²) >= 11 is 0. The van der Waals surface area contributed by atoms with E-state index < -0.39 is 23.3 Å². The Morgan fingerprint density at radius 3 is 2.63 bits per heavy atom. The van der Waals surface area contributed by atoms with E-state index in [0.717, 1.165) is 0 Å². The maximum Gasteiger partial charge on any atom is 0.323 e. The summed E-state index contributed by atoms with van der Waals surface area (Å²) in [6, 6.07) is 3.56. The van der Waals surface area contributed by atoms with Crippen molar-refractivity contribution in [2.24, 2.45) is 5.73 Å². The van der Waals surface area contributed by atoms with E-state index >= 15 is 0 Å². The first-order chi connectivity index (χ1) is 8.95. The minimum Gasteiger partial charge on any atom is -0.327 e. The minimum atomic E-state index is -1.45. The van der Waals surface area contributed by atoms with Crippen LogP contribution in [0.5, 0.6) is 0 Å². The lowest BCUT2D eigenvalue weighted by Gasteiger charge is -2.16. The topological polar surface area (TPSA) is 84.2 Å². The van der Waals surface area contributed by atoms with Gasteiger partial charge in [0.25, 0.3) is 5.91 Å². The average Bonchev–Trinajstić information content (AvgIpc) is 2.61. The maximum atomic E-state index is 13.2. The van der Waals surface area contributed by atoms with Gasteiger partial charge in [0, 0.05) is 12.1 Å². The molecule has 1 saturated heterocycles. The summed E-state index contributed by atoms with van der Waals surface area (Å²) in [6.45, 7) is -0.166. The predicted molar refractivity (Wildman–Crippen MR) is 71.1 cm³/mol. The first kappa shape index (κ1) is 13.5. The molecule has 0 aliphatic carbocycles. The van der Waals surface area contributed by atoms with Crippen molar-refractivity contribution in [3.05, 3.63) is 29.6 Å². The third-order valence-electron chi connectivity index (χ3n) is 2.59. The average molecular weight is 279 g/mol. The zero-order valence-corrected chi connectivity index (χ0v) is 10.9. The molecule has 2 atom stereocenters. The van der Waals surface area contributed by atoms with Crippen LogP contribution in [0.15, 0.2) is 18.2 Å². The summed E-state index contributed by atoms with van der Waals surface area (Å²) in [5.74, 6) is 4.22. The van der Waals surface area contributed by atoms with E-state index in [1.54, 1.807) is 6.07 Å². The highest BCUT2D eigenvalue weighted by atomic mass is 31.0. The molecule has 19 heavy (non-hydrogen) atoms. The first-order valence-corrected chi connectivity index (χ1v) is 5.96. The molecule has 5 nitrogen and oxygen atoms in total. The fraction of sp³-hybridized carbons (Fsp3) is 0.167. The van der Waals surface area contributed by atoms with Crippen LogP contribution in [-0.2, 0) is 4.79 Å². The van der Waals surface area contributed by atoms with Crippen molar-refractivity contribution >= 4 is 26.5 Å². The number of rotatable bonds is 1. The number of carbonyl (C=O) groups is 2. The molecule has 1 aromatic rings. The number of benzene rings is 1. The minimum absolute atomic E-state index is 0.166. The molecule has 1 aliphatic heterocycles. The Labute approximate surface area is 111 Å². The Bertz CT molecular complexity index is 603. The van der Waals surface area contributed by atoms with Crippen LogP contribution in [-0.4, -0.2) is 24.0 Å². The molecule has 0 bridgehead atoms. The summed E-state index contributed by atoms with van der Waals surface area (Å²) in [5.41, 5.74) is 4.43. The quantitative estimate of drug-likeness (QED) is 0.358. The summed E-state index contributed by atoms with van der Waals surface area (Å²) in [4.78, 5) is 22.8. The Kier molecular flexibility index (Phi) is 3.52. The van der Waals surface area contributed by atoms with Crippen LogP contribution in [0.1, 0.15) is 5.56 Å². The molecule has 7 heteroatoms. The molecule has 1 fully saturated rings. The highest BCUT2D eigenvalue weighted by Crippen LogP contribution is 2.09. The van der Waals surface area contributed by atoms with Gasteiger partial charge in [0.05, 0.1) is 0 Å². The second-order valence-electron chi connectivity index (χ2n) is 4.04. The fourth-order valence-electron chi connectivity index (χ4n) is 1.64. The van der Waals surface area contributed by atoms with Crippen molar-refractivity contribution in [3.8, 4) is 11.8 Å². The summed E-state index contributed by atoms with van der Waals surface area (Å²) in [6.07, 6.45) is 0. The van der Waals surface area contributed by atoms with E-state index in [1.807, 2.05) is 0 Å². The van der Waals surface area contributed by atoms with Crippen LogP contribution in [0, 0.1) is 17.7 Å². The van der Waals surface area contributed by atoms with E-state index in [4.69, 9.17) is 5.73 Å². The molecule has 0 aromatic heterocycles. The monoisotopic (exact) mass is 279 g/mol. The number of hydrogen-bond acceptors (Lipinski definition) is 3. The molecule has 2 unspecified atom stereocenters. The molecule has 1 heterocycles. The number of amides is 3. The smallest absolute Gasteiger partial charge is 0.323 e. The van der Waals surface area contributed by atoms with Gasteiger partial charge >= 0.3 is 6.03 Å². The van der Waals surface area contributed by atoms with Crippen LogP contribution in [0.3, 0.4) is 0 Å². The van der Waals surface area contributed by atoms with E-state index in [2.05, 4.69) is 31.7 Å². The number of carbonyl (C=O) groups excluding carboxylic acids is 2. The number of urea groups is 1. The SMILES string of the molecule is NCC1(C#Cc2cc(F)cc(P)c2)NC(=O)NC1=O. The predicted octanol–water partition coefficient (Wildman–Crippen LogP) is -0.786. The van der Waals surface area contributed by atoms with Crippen molar-refractivity contribution in [2.75, 3.05) is 6.54 Å². The highest BCUT2D eigenvalue weighted by Gasteiger charge is 2.43. The van der Waals surface area contributed by atoms with Crippen molar-refractivity contribution < 1.29 is 14.0 Å². The number of halogens is 1. The Morgan fingerprint density at radius 1 is 1.37 bits per heavy atom. The third-order valence-corrected chi connectivity index (χ3v) is 2.92. The number of hydrogen-bond donors (Lipinski definition) is 3. The first-order valence-electron chi connectivity index (χ1n) is 5.38. The van der Waals surface area contributed by atoms with Crippen molar-refractivity contribution in [3.63, 3.8) is 0 Å². The number of nitrogens with two attached hydrogens (primary N) is 1. The van der Waals surface area contributed by atoms with Gasteiger partial charge in [0.1, 0.15) is 5.82 Å². The molecule has 4 N–H and O–H groups in total. The summed E-state index contributed by atoms with van der Waals surface area (Å²) in [5, 5.41) is 5.07. The Morgan fingerprint density at radius 2 is 2.11 bits per heavy atom. The van der Waals surface area contributed by atoms with Gasteiger partial charge < -0.3 is 11.1 Å². The van der Waals surface area contributed by atoms with E-state index in [0.29, 0.717) is 10.9 Å². The molecule has 3 amide bonds. The second kappa shape index (κ2) is 4.96. The number of imide groups is 1. The summed E-state index contributed by atoms with van der Waals surface area (Å²) in [7, 11) is 2.36. The number of nitrogens with one attached hydrogen (secondary N) is 2. The largest absolute Gasteiger partial charge is 0.327 e. The lowest BCUT2D eigenvalue weighted by atomic mass is 10.0. The molecule has 0 spiro atoms. The van der Waals surface area contributed by atoms with E-state index in [1.165, 1.54) is 12.1 Å². The zero-order valence-electron chi connectivity index (χ0n) is 9.79. The van der Waals surface area contributed by atoms with Gasteiger partial charge in [-0.05, 0) is 23.5 Å². The van der Waals surface area contributed by atoms with Crippen LogP contribution < -0.4 is 21.7 Å². The molecular weight excluding hydrogens is 268 g/mol. The zero-order chi connectivity index (χ0) is 14.0. The highest BCUT2D eigenvalue weighted by molar-refractivity contribution is 7.27.